The number of alkyl halides is 3. The Bertz CT molecular complexity index is 1440. The largest absolute Gasteiger partial charge is 0.416 e. The van der Waals surface area contributed by atoms with Crippen LogP contribution >= 0.6 is 11.3 Å². The minimum absolute atomic E-state index is 0.0381. The molecule has 3 aliphatic rings. The Morgan fingerprint density at radius 2 is 1.76 bits per heavy atom. The molecular weight excluding hydrogens is 569 g/mol. The summed E-state index contributed by atoms with van der Waals surface area (Å²) in [4.78, 5) is 43.7. The van der Waals surface area contributed by atoms with Crippen LogP contribution in [0.1, 0.15) is 59.5 Å². The Hall–Kier alpha value is -3.42. The standard InChI is InChI=1S/C29H31F3N6O3S/c30-29(31,32)19-4-1-3-18(15-19)26(40)35-17-24(39)38-14-8-21-22(38)7-13-37(21)20-5-9-28(41,10-6-20)27-36-16-23(42-27)25-33-11-2-12-34-25/h1-4,11-12,15-16,20-22,41H,5-10,13-14,17H2,(H,35,40). The van der Waals surface area contributed by atoms with Crippen molar-refractivity contribution >= 4 is 23.2 Å². The van der Waals surface area contributed by atoms with Crippen LogP contribution in [0.25, 0.3) is 10.7 Å². The number of carbonyl (C=O) groups is 2. The number of likely N-dealkylation sites (tertiary alicyclic amines) is 2. The molecular formula is C29H31F3N6O3S. The van der Waals surface area contributed by atoms with E-state index >= 15 is 0 Å². The fourth-order valence-corrected chi connectivity index (χ4v) is 7.63. The second-order valence-electron chi connectivity index (χ2n) is 11.2. The van der Waals surface area contributed by atoms with Gasteiger partial charge in [0.1, 0.15) is 10.6 Å². The monoisotopic (exact) mass is 600 g/mol. The number of rotatable bonds is 6. The van der Waals surface area contributed by atoms with Gasteiger partial charge in [-0.25, -0.2) is 15.0 Å². The molecule has 2 aliphatic heterocycles. The highest BCUT2D eigenvalue weighted by atomic mass is 32.1. The fraction of sp³-hybridized carbons (Fsp3) is 0.483. The van der Waals surface area contributed by atoms with E-state index in [2.05, 4.69) is 25.2 Å². The lowest BCUT2D eigenvalue weighted by molar-refractivity contribution is -0.137. The zero-order valence-electron chi connectivity index (χ0n) is 22.8. The molecule has 2 atom stereocenters. The molecule has 0 bridgehead atoms. The average molecular weight is 601 g/mol. The third-order valence-corrected chi connectivity index (χ3v) is 9.92. The molecule has 222 valence electrons. The van der Waals surface area contributed by atoms with Crippen molar-refractivity contribution in [3.63, 3.8) is 0 Å². The van der Waals surface area contributed by atoms with Gasteiger partial charge in [0.2, 0.25) is 5.91 Å². The molecule has 6 rings (SSSR count). The molecule has 3 aromatic rings. The van der Waals surface area contributed by atoms with Gasteiger partial charge in [-0.3, -0.25) is 14.5 Å². The Kier molecular flexibility index (Phi) is 7.75. The predicted octanol–water partition coefficient (Wildman–Crippen LogP) is 3.85. The van der Waals surface area contributed by atoms with Gasteiger partial charge in [0.15, 0.2) is 5.82 Å². The fourth-order valence-electron chi connectivity index (χ4n) is 6.62. The van der Waals surface area contributed by atoms with Gasteiger partial charge < -0.3 is 15.3 Å². The van der Waals surface area contributed by atoms with E-state index in [0.29, 0.717) is 36.3 Å². The van der Waals surface area contributed by atoms with Gasteiger partial charge >= 0.3 is 6.18 Å². The first-order valence-corrected chi connectivity index (χ1v) is 14.9. The molecule has 2 saturated heterocycles. The topological polar surface area (TPSA) is 112 Å². The molecule has 0 radical (unpaired) electrons. The van der Waals surface area contributed by atoms with Gasteiger partial charge in [-0.2, -0.15) is 13.2 Å². The number of hydrogen-bond donors (Lipinski definition) is 2. The van der Waals surface area contributed by atoms with E-state index in [4.69, 9.17) is 0 Å². The number of amides is 2. The molecule has 2 aromatic heterocycles. The Labute approximate surface area is 244 Å². The molecule has 0 spiro atoms. The van der Waals surface area contributed by atoms with Gasteiger partial charge in [-0.1, -0.05) is 6.07 Å². The molecule has 1 saturated carbocycles. The van der Waals surface area contributed by atoms with Crippen LogP contribution in [-0.2, 0) is 16.6 Å². The zero-order valence-corrected chi connectivity index (χ0v) is 23.6. The minimum Gasteiger partial charge on any atom is -0.383 e. The van der Waals surface area contributed by atoms with Crippen molar-refractivity contribution in [3.05, 3.63) is 65.1 Å². The second-order valence-corrected chi connectivity index (χ2v) is 12.2. The number of nitrogens with zero attached hydrogens (tertiary/aromatic N) is 5. The summed E-state index contributed by atoms with van der Waals surface area (Å²) in [6.45, 7) is 1.16. The average Bonchev–Trinajstić information content (AvgIpc) is 3.74. The van der Waals surface area contributed by atoms with Crippen molar-refractivity contribution < 1.29 is 27.9 Å². The summed E-state index contributed by atoms with van der Waals surface area (Å²) in [5, 5.41) is 14.6. The van der Waals surface area contributed by atoms with Crippen LogP contribution in [0.3, 0.4) is 0 Å². The molecule has 3 fully saturated rings. The Balaban J connectivity index is 1.02. The normalized spacial score (nSPS) is 26.3. The van der Waals surface area contributed by atoms with Crippen LogP contribution in [0, 0.1) is 0 Å². The number of nitrogens with one attached hydrogen (secondary N) is 1. The van der Waals surface area contributed by atoms with Crippen molar-refractivity contribution in [1.82, 2.24) is 30.1 Å². The maximum absolute atomic E-state index is 13.0. The highest BCUT2D eigenvalue weighted by molar-refractivity contribution is 7.15. The van der Waals surface area contributed by atoms with Crippen molar-refractivity contribution in [3.8, 4) is 10.7 Å². The third-order valence-electron chi connectivity index (χ3n) is 8.73. The Morgan fingerprint density at radius 1 is 1.02 bits per heavy atom. The molecule has 2 unspecified atom stereocenters. The summed E-state index contributed by atoms with van der Waals surface area (Å²) in [7, 11) is 0. The zero-order chi connectivity index (χ0) is 29.5. The third kappa shape index (κ3) is 5.64. The smallest absolute Gasteiger partial charge is 0.383 e. The SMILES string of the molecule is O=C(NCC(=O)N1CCC2C1CCN2C1CCC(O)(c2ncc(-c3ncccn3)s2)CC1)c1cccc(C(F)(F)F)c1. The second kappa shape index (κ2) is 11.3. The van der Waals surface area contributed by atoms with E-state index in [1.165, 1.54) is 23.5 Å². The van der Waals surface area contributed by atoms with Crippen molar-refractivity contribution in [1.29, 1.82) is 0 Å². The maximum Gasteiger partial charge on any atom is 0.416 e. The number of hydrogen-bond acceptors (Lipinski definition) is 8. The summed E-state index contributed by atoms with van der Waals surface area (Å²) < 4.78 is 39.0. The first-order chi connectivity index (χ1) is 20.1. The predicted molar refractivity (Wildman–Crippen MR) is 148 cm³/mol. The number of benzene rings is 1. The van der Waals surface area contributed by atoms with Crippen LogP contribution in [0.15, 0.2) is 48.9 Å². The summed E-state index contributed by atoms with van der Waals surface area (Å²) in [5.74, 6) is -0.349. The molecule has 42 heavy (non-hydrogen) atoms. The number of fused-ring (bicyclic) bond motifs is 1. The summed E-state index contributed by atoms with van der Waals surface area (Å²) in [5.41, 5.74) is -2.03. The molecule has 13 heteroatoms. The number of aliphatic hydroxyl groups is 1. The van der Waals surface area contributed by atoms with Crippen LogP contribution in [-0.4, -0.2) is 79.4 Å². The van der Waals surface area contributed by atoms with E-state index < -0.39 is 23.2 Å². The van der Waals surface area contributed by atoms with Gasteiger partial charge in [0.25, 0.3) is 5.91 Å². The molecule has 9 nitrogen and oxygen atoms in total. The molecule has 4 heterocycles. The lowest BCUT2D eigenvalue weighted by Crippen LogP contribution is -2.47. The van der Waals surface area contributed by atoms with E-state index in [9.17, 15) is 27.9 Å². The van der Waals surface area contributed by atoms with Gasteiger partial charge in [0, 0.05) is 55.4 Å². The van der Waals surface area contributed by atoms with E-state index in [1.807, 2.05) is 0 Å². The van der Waals surface area contributed by atoms with Gasteiger partial charge in [-0.05, 0) is 62.8 Å². The van der Waals surface area contributed by atoms with E-state index in [-0.39, 0.29) is 30.1 Å². The molecule has 1 aromatic carbocycles. The van der Waals surface area contributed by atoms with Gasteiger partial charge in [0.05, 0.1) is 17.0 Å². The van der Waals surface area contributed by atoms with Crippen molar-refractivity contribution in [2.24, 2.45) is 0 Å². The lowest BCUT2D eigenvalue weighted by Gasteiger charge is -2.40. The lowest BCUT2D eigenvalue weighted by atomic mass is 9.81. The highest BCUT2D eigenvalue weighted by Gasteiger charge is 2.48. The van der Waals surface area contributed by atoms with Crippen molar-refractivity contribution in [2.45, 2.75) is 68.4 Å². The summed E-state index contributed by atoms with van der Waals surface area (Å²) in [6.07, 6.45) is 5.00. The summed E-state index contributed by atoms with van der Waals surface area (Å²) >= 11 is 1.43. The summed E-state index contributed by atoms with van der Waals surface area (Å²) in [6, 6.07) is 6.47. The number of carbonyl (C=O) groups excluding carboxylic acids is 2. The number of thiazole rings is 1. The van der Waals surface area contributed by atoms with Crippen molar-refractivity contribution in [2.75, 3.05) is 19.6 Å². The molecule has 2 amide bonds. The van der Waals surface area contributed by atoms with E-state index in [0.717, 1.165) is 49.2 Å². The van der Waals surface area contributed by atoms with Crippen LogP contribution in [0.5, 0.6) is 0 Å². The maximum atomic E-state index is 13.0. The van der Waals surface area contributed by atoms with Crippen LogP contribution in [0.2, 0.25) is 0 Å². The number of aromatic nitrogens is 3. The van der Waals surface area contributed by atoms with E-state index in [1.54, 1.807) is 29.6 Å². The van der Waals surface area contributed by atoms with Crippen LogP contribution < -0.4 is 5.32 Å². The first kappa shape index (κ1) is 28.7. The quantitative estimate of drug-likeness (QED) is 0.442. The molecule has 1 aliphatic carbocycles. The molecule has 2 N–H and O–H groups in total. The first-order valence-electron chi connectivity index (χ1n) is 14.1. The van der Waals surface area contributed by atoms with Crippen LogP contribution in [0.4, 0.5) is 13.2 Å². The van der Waals surface area contributed by atoms with Gasteiger partial charge in [-0.15, -0.1) is 11.3 Å². The highest BCUT2D eigenvalue weighted by Crippen LogP contribution is 2.44. The number of halogens is 3. The Morgan fingerprint density at radius 3 is 2.50 bits per heavy atom. The minimum atomic E-state index is -4.55.